The molecule has 37 heavy (non-hydrogen) atoms. The molecule has 1 heterocycles. The maximum atomic E-state index is 13.1. The molecule has 0 aromatic heterocycles. The molecule has 9 heteroatoms. The molecule has 0 radical (unpaired) electrons. The lowest BCUT2D eigenvalue weighted by Crippen LogP contribution is -2.32. The molecule has 0 atom stereocenters. The highest BCUT2D eigenvalue weighted by Crippen LogP contribution is 2.32. The number of carbonyl (C=O) groups excluding carboxylic acids is 3. The topological polar surface area (TPSA) is 97.0 Å². The zero-order valence-corrected chi connectivity index (χ0v) is 21.6. The Kier molecular flexibility index (Phi) is 7.50. The fraction of sp³-hybridized carbons (Fsp3) is 0.179. The van der Waals surface area contributed by atoms with E-state index in [0.29, 0.717) is 40.0 Å². The fourth-order valence-electron chi connectivity index (χ4n) is 3.83. The van der Waals surface area contributed by atoms with Gasteiger partial charge in [-0.2, -0.15) is 0 Å². The van der Waals surface area contributed by atoms with Crippen LogP contribution in [0.15, 0.2) is 77.5 Å². The summed E-state index contributed by atoms with van der Waals surface area (Å²) < 4.78 is 10.5. The second-order valence-corrected chi connectivity index (χ2v) is 8.99. The van der Waals surface area contributed by atoms with E-state index in [-0.39, 0.29) is 10.7 Å². The molecule has 8 nitrogen and oxygen atoms in total. The number of nitrogens with zero attached hydrogens (tertiary/aromatic N) is 1. The van der Waals surface area contributed by atoms with E-state index >= 15 is 0 Å². The van der Waals surface area contributed by atoms with Crippen LogP contribution in [0.4, 0.5) is 17.1 Å². The number of hydrogen-bond acceptors (Lipinski definition) is 6. The average Bonchev–Trinajstić information content (AvgIpc) is 3.11. The van der Waals surface area contributed by atoms with Gasteiger partial charge in [0.2, 0.25) is 0 Å². The highest BCUT2D eigenvalue weighted by atomic mass is 35.5. The molecule has 0 fully saturated rings. The maximum Gasteiger partial charge on any atom is 0.283 e. The Balaban J connectivity index is 1.52. The first-order chi connectivity index (χ1) is 17.7. The van der Waals surface area contributed by atoms with E-state index in [1.807, 2.05) is 12.1 Å². The van der Waals surface area contributed by atoms with Crippen molar-refractivity contribution >= 4 is 46.4 Å². The summed E-state index contributed by atoms with van der Waals surface area (Å²) in [5.74, 6) is -0.249. The van der Waals surface area contributed by atoms with E-state index < -0.39 is 17.7 Å². The van der Waals surface area contributed by atoms with Gasteiger partial charge in [-0.25, -0.2) is 4.90 Å². The van der Waals surface area contributed by atoms with Crippen LogP contribution in [0.25, 0.3) is 0 Å². The molecular formula is C28H26ClN3O5. The van der Waals surface area contributed by atoms with Gasteiger partial charge in [-0.15, -0.1) is 0 Å². The van der Waals surface area contributed by atoms with Crippen LogP contribution in [0.2, 0.25) is 0 Å². The number of hydrogen-bond donors (Lipinski definition) is 2. The van der Waals surface area contributed by atoms with Crippen LogP contribution in [-0.2, 0) is 9.59 Å². The van der Waals surface area contributed by atoms with Crippen LogP contribution in [0.3, 0.4) is 0 Å². The monoisotopic (exact) mass is 519 g/mol. The van der Waals surface area contributed by atoms with Crippen molar-refractivity contribution in [1.82, 2.24) is 0 Å². The van der Waals surface area contributed by atoms with Gasteiger partial charge < -0.3 is 20.1 Å². The van der Waals surface area contributed by atoms with Crippen LogP contribution in [0.5, 0.6) is 11.5 Å². The maximum absolute atomic E-state index is 13.1. The molecule has 0 spiro atoms. The lowest BCUT2D eigenvalue weighted by Gasteiger charge is -2.16. The Labute approximate surface area is 219 Å². The smallest absolute Gasteiger partial charge is 0.283 e. The molecule has 0 saturated heterocycles. The van der Waals surface area contributed by atoms with Crippen molar-refractivity contribution in [3.8, 4) is 11.5 Å². The molecule has 2 N–H and O–H groups in total. The Bertz CT molecular complexity index is 1400. The second kappa shape index (κ2) is 10.8. The van der Waals surface area contributed by atoms with E-state index in [4.69, 9.17) is 21.1 Å². The van der Waals surface area contributed by atoms with Crippen LogP contribution in [0.1, 0.15) is 35.7 Å². The highest BCUT2D eigenvalue weighted by molar-refractivity contribution is 6.53. The Hall–Kier alpha value is -4.30. The molecule has 1 aliphatic heterocycles. The van der Waals surface area contributed by atoms with Gasteiger partial charge in [0.05, 0.1) is 25.6 Å². The minimum atomic E-state index is -0.619. The van der Waals surface area contributed by atoms with Crippen molar-refractivity contribution in [3.63, 3.8) is 0 Å². The van der Waals surface area contributed by atoms with Crippen LogP contribution >= 0.6 is 11.6 Å². The number of anilines is 3. The molecule has 0 unspecified atom stereocenters. The summed E-state index contributed by atoms with van der Waals surface area (Å²) in [5.41, 5.74) is 2.65. The number of imide groups is 1. The van der Waals surface area contributed by atoms with Gasteiger partial charge in [-0.1, -0.05) is 43.6 Å². The summed E-state index contributed by atoms with van der Waals surface area (Å²) in [6, 6.07) is 18.7. The second-order valence-electron chi connectivity index (χ2n) is 8.61. The van der Waals surface area contributed by atoms with Crippen LogP contribution in [0, 0.1) is 0 Å². The predicted molar refractivity (Wildman–Crippen MR) is 143 cm³/mol. The van der Waals surface area contributed by atoms with Gasteiger partial charge in [0, 0.05) is 17.3 Å². The molecule has 190 valence electrons. The number of rotatable bonds is 8. The first-order valence-electron chi connectivity index (χ1n) is 11.5. The zero-order valence-electron chi connectivity index (χ0n) is 20.8. The molecular weight excluding hydrogens is 494 g/mol. The summed E-state index contributed by atoms with van der Waals surface area (Å²) in [6.45, 7) is 4.12. The molecule has 0 aliphatic carbocycles. The van der Waals surface area contributed by atoms with Crippen LogP contribution in [-0.4, -0.2) is 31.9 Å². The number of benzene rings is 3. The number of ether oxygens (including phenoxy) is 2. The third-order valence-electron chi connectivity index (χ3n) is 5.90. The van der Waals surface area contributed by atoms with E-state index in [1.165, 1.54) is 14.2 Å². The summed E-state index contributed by atoms with van der Waals surface area (Å²) in [7, 11) is 3.03. The van der Waals surface area contributed by atoms with E-state index in [0.717, 1.165) is 10.5 Å². The SMILES string of the molecule is COc1ccc(NC(=O)c2cccc(NC3=C(Cl)C(=O)N(c4ccc(C(C)C)cc4)C3=O)c2)c(OC)c1. The van der Waals surface area contributed by atoms with Gasteiger partial charge in [0.25, 0.3) is 17.7 Å². The largest absolute Gasteiger partial charge is 0.497 e. The number of methoxy groups -OCH3 is 2. The number of halogens is 1. The summed E-state index contributed by atoms with van der Waals surface area (Å²) in [5, 5.41) is 5.49. The average molecular weight is 520 g/mol. The lowest BCUT2D eigenvalue weighted by molar-refractivity contribution is -0.120. The number of amides is 3. The first kappa shape index (κ1) is 25.8. The Morgan fingerprint density at radius 3 is 2.30 bits per heavy atom. The molecule has 3 aromatic carbocycles. The highest BCUT2D eigenvalue weighted by Gasteiger charge is 2.39. The summed E-state index contributed by atoms with van der Waals surface area (Å²) in [6.07, 6.45) is 0. The van der Waals surface area contributed by atoms with Gasteiger partial charge in [0.1, 0.15) is 22.2 Å². The summed E-state index contributed by atoms with van der Waals surface area (Å²) in [4.78, 5) is 39.9. The quantitative estimate of drug-likeness (QED) is 0.381. The molecule has 1 aliphatic rings. The number of carbonyl (C=O) groups is 3. The van der Waals surface area contributed by atoms with Crippen molar-refractivity contribution in [2.75, 3.05) is 29.8 Å². The van der Waals surface area contributed by atoms with Gasteiger partial charge in [0.15, 0.2) is 0 Å². The minimum Gasteiger partial charge on any atom is -0.497 e. The van der Waals surface area contributed by atoms with Crippen LogP contribution < -0.4 is 25.0 Å². The molecule has 0 bridgehead atoms. The molecule has 3 aromatic rings. The van der Waals surface area contributed by atoms with Crippen molar-refractivity contribution in [3.05, 3.63) is 88.6 Å². The fourth-order valence-corrected chi connectivity index (χ4v) is 4.05. The zero-order chi connectivity index (χ0) is 26.7. The van der Waals surface area contributed by atoms with E-state index in [1.54, 1.807) is 54.6 Å². The van der Waals surface area contributed by atoms with Crippen molar-refractivity contribution in [1.29, 1.82) is 0 Å². The van der Waals surface area contributed by atoms with Crippen molar-refractivity contribution in [2.45, 2.75) is 19.8 Å². The van der Waals surface area contributed by atoms with Gasteiger partial charge in [-0.05, 0) is 53.9 Å². The third kappa shape index (κ3) is 5.29. The standard InChI is InChI=1S/C28H26ClN3O5/c1-16(2)17-8-10-20(11-9-17)32-27(34)24(29)25(28(32)35)30-19-7-5-6-18(14-19)26(33)31-22-13-12-21(36-3)15-23(22)37-4/h5-16,30H,1-4H3,(H,31,33). The predicted octanol–water partition coefficient (Wildman–Crippen LogP) is 5.52. The Morgan fingerprint density at radius 2 is 1.65 bits per heavy atom. The molecule has 3 amide bonds. The van der Waals surface area contributed by atoms with Gasteiger partial charge >= 0.3 is 0 Å². The Morgan fingerprint density at radius 1 is 0.919 bits per heavy atom. The van der Waals surface area contributed by atoms with E-state index in [2.05, 4.69) is 24.5 Å². The normalized spacial score (nSPS) is 13.3. The van der Waals surface area contributed by atoms with Crippen molar-refractivity contribution in [2.24, 2.45) is 0 Å². The first-order valence-corrected chi connectivity index (χ1v) is 11.9. The number of nitrogens with one attached hydrogen (secondary N) is 2. The lowest BCUT2D eigenvalue weighted by atomic mass is 10.0. The third-order valence-corrected chi connectivity index (χ3v) is 6.25. The van der Waals surface area contributed by atoms with Crippen molar-refractivity contribution < 1.29 is 23.9 Å². The minimum absolute atomic E-state index is 0.0611. The van der Waals surface area contributed by atoms with E-state index in [9.17, 15) is 14.4 Å². The van der Waals surface area contributed by atoms with Gasteiger partial charge in [-0.3, -0.25) is 14.4 Å². The summed E-state index contributed by atoms with van der Waals surface area (Å²) >= 11 is 6.27. The molecule has 4 rings (SSSR count). The molecule has 0 saturated carbocycles.